The van der Waals surface area contributed by atoms with Gasteiger partial charge in [-0.05, 0) is 43.5 Å². The summed E-state index contributed by atoms with van der Waals surface area (Å²) in [7, 11) is 0. The molecule has 1 amide bonds. The molecule has 1 aliphatic carbocycles. The Hall–Kier alpha value is -1.49. The quantitative estimate of drug-likeness (QED) is 0.841. The van der Waals surface area contributed by atoms with Crippen LogP contribution in [0.3, 0.4) is 0 Å². The van der Waals surface area contributed by atoms with E-state index in [1.54, 1.807) is 13.0 Å². The van der Waals surface area contributed by atoms with Gasteiger partial charge in [0.15, 0.2) is 0 Å². The van der Waals surface area contributed by atoms with E-state index in [4.69, 9.17) is 18.0 Å². The molecule has 0 bridgehead atoms. The van der Waals surface area contributed by atoms with Gasteiger partial charge in [-0.25, -0.2) is 4.39 Å². The third-order valence-electron chi connectivity index (χ3n) is 3.91. The molecule has 1 aromatic carbocycles. The highest BCUT2D eigenvalue weighted by Crippen LogP contribution is 2.37. The molecule has 0 spiro atoms. The summed E-state index contributed by atoms with van der Waals surface area (Å²) >= 11 is 5.11. The van der Waals surface area contributed by atoms with Gasteiger partial charge in [0.25, 0.3) is 0 Å². The number of aryl methyl sites for hydroxylation is 1. The third-order valence-corrected chi connectivity index (χ3v) is 4.30. The number of anilines is 1. The zero-order chi connectivity index (χ0) is 14.8. The number of thiocarbonyl (C=S) groups is 1. The summed E-state index contributed by atoms with van der Waals surface area (Å²) in [6.07, 6.45) is 4.31. The maximum Gasteiger partial charge on any atom is 0.237 e. The van der Waals surface area contributed by atoms with Crippen LogP contribution in [0, 0.1) is 18.2 Å². The number of benzene rings is 1. The normalized spacial score (nSPS) is 17.5. The number of nitrogens with one attached hydrogen (secondary N) is 1. The smallest absolute Gasteiger partial charge is 0.237 e. The van der Waals surface area contributed by atoms with Crippen LogP contribution in [0.25, 0.3) is 0 Å². The molecule has 1 aliphatic rings. The van der Waals surface area contributed by atoms with Crippen molar-refractivity contribution in [3.63, 3.8) is 0 Å². The van der Waals surface area contributed by atoms with Crippen LogP contribution in [0.4, 0.5) is 10.1 Å². The van der Waals surface area contributed by atoms with Gasteiger partial charge in [0.05, 0.1) is 10.4 Å². The Bertz CT molecular complexity index is 518. The number of rotatable bonds is 3. The molecule has 0 heterocycles. The van der Waals surface area contributed by atoms with Crippen LogP contribution in [0.2, 0.25) is 0 Å². The molecule has 0 radical (unpaired) electrons. The Morgan fingerprint density at radius 2 is 1.95 bits per heavy atom. The van der Waals surface area contributed by atoms with E-state index in [2.05, 4.69) is 5.32 Å². The zero-order valence-electron chi connectivity index (χ0n) is 11.5. The lowest BCUT2D eigenvalue weighted by Gasteiger charge is -2.34. The lowest BCUT2D eigenvalue weighted by Crippen LogP contribution is -2.47. The first-order valence-corrected chi connectivity index (χ1v) is 7.23. The predicted molar refractivity (Wildman–Crippen MR) is 82.1 cm³/mol. The van der Waals surface area contributed by atoms with Crippen LogP contribution in [-0.4, -0.2) is 10.9 Å². The van der Waals surface area contributed by atoms with Gasteiger partial charge in [0.2, 0.25) is 5.91 Å². The number of carbonyl (C=O) groups is 1. The second-order valence-electron chi connectivity index (χ2n) is 5.48. The van der Waals surface area contributed by atoms with Gasteiger partial charge in [-0.3, -0.25) is 4.79 Å². The first-order chi connectivity index (χ1) is 9.44. The highest BCUT2D eigenvalue weighted by Gasteiger charge is 2.42. The second-order valence-corrected chi connectivity index (χ2v) is 5.92. The summed E-state index contributed by atoms with van der Waals surface area (Å²) < 4.78 is 13.4. The number of carbonyl (C=O) groups excluding carboxylic acids is 1. The number of hydrogen-bond acceptors (Lipinski definition) is 2. The summed E-state index contributed by atoms with van der Waals surface area (Å²) in [5.74, 6) is -0.581. The van der Waals surface area contributed by atoms with Gasteiger partial charge < -0.3 is 11.1 Å². The highest BCUT2D eigenvalue weighted by atomic mass is 32.1. The number of halogens is 1. The fourth-order valence-corrected chi connectivity index (χ4v) is 3.10. The van der Waals surface area contributed by atoms with Crippen molar-refractivity contribution in [3.05, 3.63) is 29.6 Å². The van der Waals surface area contributed by atoms with Crippen molar-refractivity contribution >= 4 is 28.8 Å². The van der Waals surface area contributed by atoms with Crippen molar-refractivity contribution in [2.45, 2.75) is 39.0 Å². The lowest BCUT2D eigenvalue weighted by atomic mass is 9.73. The third kappa shape index (κ3) is 2.98. The van der Waals surface area contributed by atoms with E-state index in [0.717, 1.165) is 24.8 Å². The Kier molecular flexibility index (Phi) is 4.38. The maximum absolute atomic E-state index is 13.4. The molecule has 0 aromatic heterocycles. The van der Waals surface area contributed by atoms with Crippen molar-refractivity contribution in [1.82, 2.24) is 0 Å². The molecule has 3 N–H and O–H groups in total. The Morgan fingerprint density at radius 1 is 1.30 bits per heavy atom. The molecule has 1 saturated carbocycles. The number of amides is 1. The molecule has 1 fully saturated rings. The van der Waals surface area contributed by atoms with E-state index in [0.29, 0.717) is 18.5 Å². The summed E-state index contributed by atoms with van der Waals surface area (Å²) in [5.41, 5.74) is 6.24. The molecule has 108 valence electrons. The van der Waals surface area contributed by atoms with Crippen molar-refractivity contribution in [2.75, 3.05) is 5.32 Å². The molecule has 0 unspecified atom stereocenters. The standard InChI is InChI=1S/C15H19FN2OS/c1-10-7-11(16)9-12(8-10)18-14(19)15(13(17)20)5-3-2-4-6-15/h7-9H,2-6H2,1H3,(H2,17,20)(H,18,19). The molecular weight excluding hydrogens is 275 g/mol. The van der Waals surface area contributed by atoms with Crippen molar-refractivity contribution in [2.24, 2.45) is 11.1 Å². The highest BCUT2D eigenvalue weighted by molar-refractivity contribution is 7.80. The largest absolute Gasteiger partial charge is 0.392 e. The summed E-state index contributed by atoms with van der Waals surface area (Å²) in [6.45, 7) is 1.78. The second kappa shape index (κ2) is 5.87. The monoisotopic (exact) mass is 294 g/mol. The summed E-state index contributed by atoms with van der Waals surface area (Å²) in [5, 5.41) is 2.77. The van der Waals surface area contributed by atoms with Crippen molar-refractivity contribution in [3.8, 4) is 0 Å². The number of hydrogen-bond donors (Lipinski definition) is 2. The van der Waals surface area contributed by atoms with Crippen LogP contribution < -0.4 is 11.1 Å². The fraction of sp³-hybridized carbons (Fsp3) is 0.467. The van der Waals surface area contributed by atoms with E-state index in [9.17, 15) is 9.18 Å². The molecule has 3 nitrogen and oxygen atoms in total. The van der Waals surface area contributed by atoms with Gasteiger partial charge in [0, 0.05) is 5.69 Å². The van der Waals surface area contributed by atoms with Gasteiger partial charge in [-0.15, -0.1) is 0 Å². The maximum atomic E-state index is 13.4. The van der Waals surface area contributed by atoms with Crippen LogP contribution in [0.15, 0.2) is 18.2 Å². The van der Waals surface area contributed by atoms with Crippen LogP contribution in [0.5, 0.6) is 0 Å². The molecule has 0 aliphatic heterocycles. The Morgan fingerprint density at radius 3 is 2.50 bits per heavy atom. The first-order valence-electron chi connectivity index (χ1n) is 6.83. The average Bonchev–Trinajstić information content (AvgIpc) is 2.38. The van der Waals surface area contributed by atoms with E-state index in [1.165, 1.54) is 12.1 Å². The SMILES string of the molecule is Cc1cc(F)cc(NC(=O)C2(C(N)=S)CCCCC2)c1. The topological polar surface area (TPSA) is 55.1 Å². The zero-order valence-corrected chi connectivity index (χ0v) is 12.4. The average molecular weight is 294 g/mol. The van der Waals surface area contributed by atoms with Gasteiger partial charge in [0.1, 0.15) is 5.82 Å². The first kappa shape index (κ1) is 14.9. The predicted octanol–water partition coefficient (Wildman–Crippen LogP) is 3.31. The van der Waals surface area contributed by atoms with E-state index in [-0.39, 0.29) is 16.7 Å². The lowest BCUT2D eigenvalue weighted by molar-refractivity contribution is -0.123. The molecule has 20 heavy (non-hydrogen) atoms. The molecule has 0 atom stereocenters. The van der Waals surface area contributed by atoms with Crippen LogP contribution in [-0.2, 0) is 4.79 Å². The minimum atomic E-state index is -0.784. The summed E-state index contributed by atoms with van der Waals surface area (Å²) in [6, 6.07) is 4.46. The van der Waals surface area contributed by atoms with Crippen molar-refractivity contribution < 1.29 is 9.18 Å². The Labute approximate surface area is 123 Å². The van der Waals surface area contributed by atoms with E-state index < -0.39 is 5.41 Å². The molecule has 5 heteroatoms. The van der Waals surface area contributed by atoms with Crippen LogP contribution in [0.1, 0.15) is 37.7 Å². The Balaban J connectivity index is 2.22. The molecular formula is C15H19FN2OS. The van der Waals surface area contributed by atoms with Crippen molar-refractivity contribution in [1.29, 1.82) is 0 Å². The van der Waals surface area contributed by atoms with Gasteiger partial charge in [-0.2, -0.15) is 0 Å². The minimum absolute atomic E-state index is 0.213. The van der Waals surface area contributed by atoms with Gasteiger partial charge >= 0.3 is 0 Å². The molecule has 0 saturated heterocycles. The van der Waals surface area contributed by atoms with Crippen LogP contribution >= 0.6 is 12.2 Å². The summed E-state index contributed by atoms with van der Waals surface area (Å²) in [4.78, 5) is 12.8. The molecule has 2 rings (SSSR count). The van der Waals surface area contributed by atoms with E-state index >= 15 is 0 Å². The fourth-order valence-electron chi connectivity index (χ4n) is 2.80. The number of nitrogens with two attached hydrogens (primary N) is 1. The minimum Gasteiger partial charge on any atom is -0.392 e. The molecule has 1 aromatic rings. The van der Waals surface area contributed by atoms with Gasteiger partial charge in [-0.1, -0.05) is 31.5 Å². The van der Waals surface area contributed by atoms with E-state index in [1.807, 2.05) is 0 Å².